The molecule has 0 fully saturated rings. The Labute approximate surface area is 152 Å². The Morgan fingerprint density at radius 3 is 2.42 bits per heavy atom. The van der Waals surface area contributed by atoms with Gasteiger partial charge in [0, 0.05) is 11.1 Å². The van der Waals surface area contributed by atoms with Crippen LogP contribution in [0.3, 0.4) is 0 Å². The molecule has 5 nitrogen and oxygen atoms in total. The lowest BCUT2D eigenvalue weighted by atomic mass is 10.0. The van der Waals surface area contributed by atoms with Crippen LogP contribution in [0.4, 0.5) is 5.69 Å². The number of amides is 1. The van der Waals surface area contributed by atoms with Crippen molar-refractivity contribution in [3.05, 3.63) is 89.9 Å². The maximum Gasteiger partial charge on any atom is 0.238 e. The van der Waals surface area contributed by atoms with Crippen LogP contribution >= 0.6 is 0 Å². The molecule has 0 aliphatic rings. The fourth-order valence-corrected chi connectivity index (χ4v) is 2.61. The molecule has 132 valence electrons. The third-order valence-electron chi connectivity index (χ3n) is 4.02. The van der Waals surface area contributed by atoms with Gasteiger partial charge < -0.3 is 9.73 Å². The maximum absolute atomic E-state index is 12.7. The highest BCUT2D eigenvalue weighted by Gasteiger charge is 2.15. The fourth-order valence-electron chi connectivity index (χ4n) is 2.61. The molecule has 5 heteroatoms. The summed E-state index contributed by atoms with van der Waals surface area (Å²) in [7, 11) is 0. The Morgan fingerprint density at radius 1 is 0.962 bits per heavy atom. The lowest BCUT2D eigenvalue weighted by molar-refractivity contribution is -0.115. The predicted molar refractivity (Wildman–Crippen MR) is 100 cm³/mol. The molecule has 0 aliphatic carbocycles. The van der Waals surface area contributed by atoms with Gasteiger partial charge >= 0.3 is 0 Å². The second-order valence-corrected chi connectivity index (χ2v) is 5.91. The summed E-state index contributed by atoms with van der Waals surface area (Å²) in [5.41, 5.74) is 1.55. The van der Waals surface area contributed by atoms with Crippen molar-refractivity contribution in [2.75, 3.05) is 11.9 Å². The highest BCUT2D eigenvalue weighted by atomic mass is 16.3. The summed E-state index contributed by atoms with van der Waals surface area (Å²) in [4.78, 5) is 25.0. The van der Waals surface area contributed by atoms with Crippen LogP contribution in [-0.4, -0.2) is 18.2 Å². The van der Waals surface area contributed by atoms with Crippen LogP contribution in [0.2, 0.25) is 0 Å². The van der Waals surface area contributed by atoms with Crippen LogP contribution in [0.15, 0.2) is 77.4 Å². The maximum atomic E-state index is 12.7. The Morgan fingerprint density at radius 2 is 1.69 bits per heavy atom. The van der Waals surface area contributed by atoms with Crippen LogP contribution in [-0.2, 0) is 4.79 Å². The van der Waals surface area contributed by atoms with E-state index >= 15 is 0 Å². The number of hydrogen-bond acceptors (Lipinski definition) is 4. The van der Waals surface area contributed by atoms with E-state index in [0.29, 0.717) is 16.8 Å². The molecule has 3 rings (SSSR count). The van der Waals surface area contributed by atoms with E-state index in [-0.39, 0.29) is 24.3 Å². The molecule has 0 saturated carbocycles. The van der Waals surface area contributed by atoms with Crippen LogP contribution in [0.5, 0.6) is 0 Å². The van der Waals surface area contributed by atoms with E-state index in [1.807, 2.05) is 31.2 Å². The van der Waals surface area contributed by atoms with Crippen molar-refractivity contribution in [2.45, 2.75) is 13.0 Å². The first kappa shape index (κ1) is 17.6. The van der Waals surface area contributed by atoms with Crippen molar-refractivity contribution in [3.63, 3.8) is 0 Å². The minimum atomic E-state index is -0.225. The van der Waals surface area contributed by atoms with E-state index in [2.05, 4.69) is 10.6 Å². The van der Waals surface area contributed by atoms with Gasteiger partial charge in [-0.25, -0.2) is 0 Å². The molecular formula is C21H20N2O3. The molecule has 2 aromatic carbocycles. The zero-order valence-electron chi connectivity index (χ0n) is 14.4. The number of carbonyl (C=O) groups excluding carboxylic acids is 2. The van der Waals surface area contributed by atoms with Crippen molar-refractivity contribution in [3.8, 4) is 0 Å². The Bertz CT molecular complexity index is 873. The summed E-state index contributed by atoms with van der Waals surface area (Å²) in [6, 6.07) is 19.6. The minimum Gasteiger partial charge on any atom is -0.468 e. The standard InChI is InChI=1S/C21H20N2O3/c1-15(19-12-7-13-26-19)22-14-20(24)23-18-11-6-5-10-17(18)21(25)16-8-3-2-4-9-16/h2-13,15,22H,14H2,1H3,(H,23,24)/t15-/m1/s1. The highest BCUT2D eigenvalue weighted by Crippen LogP contribution is 2.19. The number of anilines is 1. The van der Waals surface area contributed by atoms with Gasteiger partial charge in [-0.15, -0.1) is 0 Å². The molecule has 0 saturated heterocycles. The topological polar surface area (TPSA) is 71.3 Å². The average molecular weight is 348 g/mol. The summed E-state index contributed by atoms with van der Waals surface area (Å²) in [6.45, 7) is 2.02. The van der Waals surface area contributed by atoms with E-state index in [9.17, 15) is 9.59 Å². The molecular weight excluding hydrogens is 328 g/mol. The van der Waals surface area contributed by atoms with Crippen LogP contribution in [0, 0.1) is 0 Å². The number of benzene rings is 2. The summed E-state index contributed by atoms with van der Waals surface area (Å²) in [5, 5.41) is 5.90. The molecule has 0 unspecified atom stereocenters. The number of rotatable bonds is 7. The minimum absolute atomic E-state index is 0.0862. The molecule has 2 N–H and O–H groups in total. The monoisotopic (exact) mass is 348 g/mol. The molecule has 0 aliphatic heterocycles. The van der Waals surface area contributed by atoms with Gasteiger partial charge in [-0.05, 0) is 31.2 Å². The number of hydrogen-bond donors (Lipinski definition) is 2. The molecule has 0 spiro atoms. The third-order valence-corrected chi connectivity index (χ3v) is 4.02. The summed E-state index contributed by atoms with van der Waals surface area (Å²) < 4.78 is 5.31. The molecule has 1 atom stereocenters. The van der Waals surface area contributed by atoms with E-state index in [1.54, 1.807) is 48.7 Å². The fraction of sp³-hybridized carbons (Fsp3) is 0.143. The number of para-hydroxylation sites is 1. The third kappa shape index (κ3) is 4.26. The first-order chi connectivity index (χ1) is 12.6. The largest absolute Gasteiger partial charge is 0.468 e. The number of carbonyl (C=O) groups is 2. The first-order valence-corrected chi connectivity index (χ1v) is 8.40. The van der Waals surface area contributed by atoms with Gasteiger partial charge in [-0.2, -0.15) is 0 Å². The molecule has 0 bridgehead atoms. The Balaban J connectivity index is 1.66. The normalized spacial score (nSPS) is 11.7. The second kappa shape index (κ2) is 8.27. The van der Waals surface area contributed by atoms with Crippen LogP contribution < -0.4 is 10.6 Å². The van der Waals surface area contributed by atoms with E-state index in [1.165, 1.54) is 0 Å². The molecule has 3 aromatic rings. The Kier molecular flexibility index (Phi) is 5.61. The van der Waals surface area contributed by atoms with Gasteiger partial charge in [-0.3, -0.25) is 14.9 Å². The number of nitrogens with one attached hydrogen (secondary N) is 2. The number of furan rings is 1. The Hall–Kier alpha value is -3.18. The smallest absolute Gasteiger partial charge is 0.238 e. The van der Waals surface area contributed by atoms with Gasteiger partial charge in [-0.1, -0.05) is 42.5 Å². The van der Waals surface area contributed by atoms with E-state index in [4.69, 9.17) is 4.42 Å². The van der Waals surface area contributed by atoms with Crippen molar-refractivity contribution < 1.29 is 14.0 Å². The predicted octanol–water partition coefficient (Wildman–Crippen LogP) is 3.80. The van der Waals surface area contributed by atoms with Gasteiger partial charge in [0.25, 0.3) is 0 Å². The van der Waals surface area contributed by atoms with Crippen molar-refractivity contribution in [2.24, 2.45) is 0 Å². The average Bonchev–Trinajstić information content (AvgIpc) is 3.21. The van der Waals surface area contributed by atoms with Gasteiger partial charge in [0.05, 0.1) is 24.5 Å². The van der Waals surface area contributed by atoms with E-state index < -0.39 is 0 Å². The van der Waals surface area contributed by atoms with Crippen molar-refractivity contribution in [1.82, 2.24) is 5.32 Å². The summed E-state index contributed by atoms with van der Waals surface area (Å²) >= 11 is 0. The SMILES string of the molecule is C[C@@H](NCC(=O)Nc1ccccc1C(=O)c1ccccc1)c1ccco1. The zero-order chi connectivity index (χ0) is 18.4. The number of ketones is 1. The van der Waals surface area contributed by atoms with Gasteiger partial charge in [0.2, 0.25) is 5.91 Å². The summed E-state index contributed by atoms with van der Waals surface area (Å²) in [5.74, 6) is 0.410. The van der Waals surface area contributed by atoms with Crippen molar-refractivity contribution >= 4 is 17.4 Å². The highest BCUT2D eigenvalue weighted by molar-refractivity contribution is 6.13. The summed E-state index contributed by atoms with van der Waals surface area (Å²) in [6.07, 6.45) is 1.60. The van der Waals surface area contributed by atoms with Gasteiger partial charge in [0.15, 0.2) is 5.78 Å². The van der Waals surface area contributed by atoms with E-state index in [0.717, 1.165) is 5.76 Å². The van der Waals surface area contributed by atoms with Gasteiger partial charge in [0.1, 0.15) is 5.76 Å². The molecule has 1 aromatic heterocycles. The quantitative estimate of drug-likeness (QED) is 0.637. The lowest BCUT2D eigenvalue weighted by Crippen LogP contribution is -2.30. The van der Waals surface area contributed by atoms with Crippen LogP contribution in [0.25, 0.3) is 0 Å². The molecule has 26 heavy (non-hydrogen) atoms. The molecule has 1 heterocycles. The first-order valence-electron chi connectivity index (χ1n) is 8.40. The molecule has 0 radical (unpaired) electrons. The molecule has 1 amide bonds. The van der Waals surface area contributed by atoms with Crippen LogP contribution in [0.1, 0.15) is 34.6 Å². The lowest BCUT2D eigenvalue weighted by Gasteiger charge is -2.13. The zero-order valence-corrected chi connectivity index (χ0v) is 14.4. The van der Waals surface area contributed by atoms with Crippen molar-refractivity contribution in [1.29, 1.82) is 0 Å². The second-order valence-electron chi connectivity index (χ2n) is 5.91.